The normalized spacial score (nSPS) is 13.7. The summed E-state index contributed by atoms with van der Waals surface area (Å²) in [6.45, 7) is 1.46. The van der Waals surface area contributed by atoms with Crippen LogP contribution >= 0.6 is 0 Å². The van der Waals surface area contributed by atoms with Gasteiger partial charge in [-0.3, -0.25) is 0 Å². The fourth-order valence-electron chi connectivity index (χ4n) is 1.50. The molecule has 116 valence electrons. The Balaban J connectivity index is 2.95. The Hall–Kier alpha value is -2.45. The molecule has 4 N–H and O–H groups in total. The quantitative estimate of drug-likeness (QED) is 0.346. The second-order valence-corrected chi connectivity index (χ2v) is 4.29. The highest BCUT2D eigenvalue weighted by atomic mass is 19.4. The zero-order valence-corrected chi connectivity index (χ0v) is 11.3. The van der Waals surface area contributed by atoms with Crippen LogP contribution in [0, 0.1) is 0 Å². The third-order valence-electron chi connectivity index (χ3n) is 2.92. The summed E-state index contributed by atoms with van der Waals surface area (Å²) in [6, 6.07) is 3.00. The molecule has 0 spiro atoms. The monoisotopic (exact) mass is 304 g/mol. The molecule has 0 aliphatic carbocycles. The molecule has 0 aliphatic rings. The molecule has 0 aromatic heterocycles. The van der Waals surface area contributed by atoms with Crippen LogP contribution in [-0.2, 0) is 6.18 Å². The fraction of sp³-hybridized carbons (Fsp3) is 0.333. The van der Waals surface area contributed by atoms with Crippen molar-refractivity contribution in [2.45, 2.75) is 19.1 Å². The van der Waals surface area contributed by atoms with Crippen LogP contribution in [0.25, 0.3) is 0 Å². The summed E-state index contributed by atoms with van der Waals surface area (Å²) in [5.41, 5.74) is 4.02. The number of carbonyl (C=O) groups is 1. The number of oxime groups is 1. The van der Waals surface area contributed by atoms with E-state index in [0.717, 1.165) is 17.0 Å². The summed E-state index contributed by atoms with van der Waals surface area (Å²) in [5, 5.41) is 13.4. The maximum absolute atomic E-state index is 12.8. The van der Waals surface area contributed by atoms with Gasteiger partial charge < -0.3 is 21.2 Å². The van der Waals surface area contributed by atoms with Gasteiger partial charge in [0.1, 0.15) is 0 Å². The van der Waals surface area contributed by atoms with E-state index >= 15 is 0 Å². The second-order valence-electron chi connectivity index (χ2n) is 4.29. The first-order valence-electron chi connectivity index (χ1n) is 5.86. The highest BCUT2D eigenvalue weighted by Gasteiger charge is 2.34. The zero-order valence-electron chi connectivity index (χ0n) is 11.3. The number of anilines is 1. The number of amidine groups is 1. The van der Waals surface area contributed by atoms with Crippen molar-refractivity contribution in [2.24, 2.45) is 10.9 Å². The predicted octanol–water partition coefficient (Wildman–Crippen LogP) is 2.30. The first kappa shape index (κ1) is 16.6. The number of amides is 2. The molecule has 0 heterocycles. The zero-order chi connectivity index (χ0) is 16.2. The van der Waals surface area contributed by atoms with Crippen LogP contribution in [-0.4, -0.2) is 35.1 Å². The molecule has 21 heavy (non-hydrogen) atoms. The summed E-state index contributed by atoms with van der Waals surface area (Å²) in [5.74, 6) is -0.239. The molecule has 6 nitrogen and oxygen atoms in total. The molecule has 1 unspecified atom stereocenters. The van der Waals surface area contributed by atoms with Crippen molar-refractivity contribution >= 4 is 17.6 Å². The fourth-order valence-corrected chi connectivity index (χ4v) is 1.50. The average Bonchev–Trinajstić information content (AvgIpc) is 2.44. The standard InChI is InChI=1S/C12H15F3N4O2/c1-7(10(16)18-21)19(2)11(20)17-9-6-4-3-5-8(9)12(13,14)15/h3-7,21H,1-2H3,(H2,16,18)(H,17,20). The van der Waals surface area contributed by atoms with Crippen LogP contribution in [0.4, 0.5) is 23.7 Å². The van der Waals surface area contributed by atoms with Crippen molar-refractivity contribution in [3.63, 3.8) is 0 Å². The van der Waals surface area contributed by atoms with E-state index in [9.17, 15) is 18.0 Å². The Morgan fingerprint density at radius 3 is 2.52 bits per heavy atom. The van der Waals surface area contributed by atoms with Gasteiger partial charge in [0.25, 0.3) is 0 Å². The molecular weight excluding hydrogens is 289 g/mol. The van der Waals surface area contributed by atoms with Crippen molar-refractivity contribution in [3.05, 3.63) is 29.8 Å². The van der Waals surface area contributed by atoms with E-state index in [1.165, 1.54) is 26.1 Å². The number of benzene rings is 1. The smallest absolute Gasteiger partial charge is 0.409 e. The highest BCUT2D eigenvalue weighted by molar-refractivity contribution is 5.95. The first-order valence-corrected chi connectivity index (χ1v) is 5.86. The number of nitrogens with two attached hydrogens (primary N) is 1. The van der Waals surface area contributed by atoms with Gasteiger partial charge in [0.2, 0.25) is 0 Å². The molecule has 0 saturated heterocycles. The summed E-state index contributed by atoms with van der Waals surface area (Å²) in [4.78, 5) is 12.9. The van der Waals surface area contributed by atoms with Crippen molar-refractivity contribution in [2.75, 3.05) is 12.4 Å². The van der Waals surface area contributed by atoms with Gasteiger partial charge in [0, 0.05) is 7.05 Å². The number of alkyl halides is 3. The lowest BCUT2D eigenvalue weighted by atomic mass is 10.1. The SMILES string of the molecule is CC(C(N)=NO)N(C)C(=O)Nc1ccccc1C(F)(F)F. The molecule has 1 aromatic carbocycles. The Labute approximate surface area is 119 Å². The maximum Gasteiger partial charge on any atom is 0.418 e. The first-order chi connectivity index (χ1) is 9.68. The Morgan fingerprint density at radius 1 is 1.43 bits per heavy atom. The highest BCUT2D eigenvalue weighted by Crippen LogP contribution is 2.34. The van der Waals surface area contributed by atoms with Crippen molar-refractivity contribution in [3.8, 4) is 0 Å². The number of nitrogens with zero attached hydrogens (tertiary/aromatic N) is 2. The average molecular weight is 304 g/mol. The van der Waals surface area contributed by atoms with Gasteiger partial charge in [0.05, 0.1) is 17.3 Å². The van der Waals surface area contributed by atoms with Crippen molar-refractivity contribution < 1.29 is 23.2 Å². The Morgan fingerprint density at radius 2 is 2.00 bits per heavy atom. The number of urea groups is 1. The van der Waals surface area contributed by atoms with Gasteiger partial charge in [-0.05, 0) is 19.1 Å². The molecule has 9 heteroatoms. The predicted molar refractivity (Wildman–Crippen MR) is 71.1 cm³/mol. The molecule has 2 amide bonds. The van der Waals surface area contributed by atoms with Gasteiger partial charge in [0.15, 0.2) is 5.84 Å². The van der Waals surface area contributed by atoms with Gasteiger partial charge in [-0.1, -0.05) is 17.3 Å². The topological polar surface area (TPSA) is 91.0 Å². The molecule has 0 bridgehead atoms. The number of hydrogen-bond acceptors (Lipinski definition) is 3. The van der Waals surface area contributed by atoms with E-state index in [-0.39, 0.29) is 11.5 Å². The molecule has 0 saturated carbocycles. The minimum atomic E-state index is -4.58. The van der Waals surface area contributed by atoms with Crippen LogP contribution in [0.15, 0.2) is 29.4 Å². The summed E-state index contributed by atoms with van der Waals surface area (Å²) >= 11 is 0. The Kier molecular flexibility index (Phi) is 5.01. The van der Waals surface area contributed by atoms with Crippen LogP contribution in [0.3, 0.4) is 0 Å². The lowest BCUT2D eigenvalue weighted by molar-refractivity contribution is -0.136. The number of halogens is 3. The van der Waals surface area contributed by atoms with Gasteiger partial charge in [-0.2, -0.15) is 13.2 Å². The molecule has 0 radical (unpaired) electrons. The molecule has 1 rings (SSSR count). The second kappa shape index (κ2) is 6.33. The van der Waals surface area contributed by atoms with E-state index in [2.05, 4.69) is 10.5 Å². The number of para-hydroxylation sites is 1. The summed E-state index contributed by atoms with van der Waals surface area (Å²) in [7, 11) is 1.31. The van der Waals surface area contributed by atoms with Crippen molar-refractivity contribution in [1.82, 2.24) is 4.90 Å². The van der Waals surface area contributed by atoms with Gasteiger partial charge >= 0.3 is 12.2 Å². The van der Waals surface area contributed by atoms with Crippen LogP contribution in [0.1, 0.15) is 12.5 Å². The van der Waals surface area contributed by atoms with E-state index in [1.54, 1.807) is 0 Å². The van der Waals surface area contributed by atoms with Gasteiger partial charge in [-0.15, -0.1) is 0 Å². The largest absolute Gasteiger partial charge is 0.418 e. The third kappa shape index (κ3) is 4.01. The number of likely N-dealkylation sites (N-methyl/N-ethyl adjacent to an activating group) is 1. The number of rotatable bonds is 3. The number of hydrogen-bond donors (Lipinski definition) is 3. The number of carbonyl (C=O) groups excluding carboxylic acids is 1. The minimum absolute atomic E-state index is 0.239. The van der Waals surface area contributed by atoms with Crippen LogP contribution in [0.5, 0.6) is 0 Å². The van der Waals surface area contributed by atoms with Crippen LogP contribution < -0.4 is 11.1 Å². The van der Waals surface area contributed by atoms with Gasteiger partial charge in [-0.25, -0.2) is 4.79 Å². The lowest BCUT2D eigenvalue weighted by Gasteiger charge is -2.24. The summed E-state index contributed by atoms with van der Waals surface area (Å²) in [6.07, 6.45) is -4.58. The summed E-state index contributed by atoms with van der Waals surface area (Å²) < 4.78 is 38.4. The lowest BCUT2D eigenvalue weighted by Crippen LogP contribution is -2.45. The molecular formula is C12H15F3N4O2. The maximum atomic E-state index is 12.8. The molecule has 1 atom stereocenters. The third-order valence-corrected chi connectivity index (χ3v) is 2.92. The molecule has 1 aromatic rings. The Bertz CT molecular complexity index is 546. The number of nitrogens with one attached hydrogen (secondary N) is 1. The molecule has 0 aliphatic heterocycles. The van der Waals surface area contributed by atoms with E-state index in [1.807, 2.05) is 0 Å². The minimum Gasteiger partial charge on any atom is -0.409 e. The van der Waals surface area contributed by atoms with E-state index in [4.69, 9.17) is 10.9 Å². The van der Waals surface area contributed by atoms with E-state index in [0.29, 0.717) is 0 Å². The van der Waals surface area contributed by atoms with Crippen molar-refractivity contribution in [1.29, 1.82) is 0 Å². The molecule has 0 fully saturated rings. The van der Waals surface area contributed by atoms with Crippen LogP contribution in [0.2, 0.25) is 0 Å². The van der Waals surface area contributed by atoms with E-state index < -0.39 is 23.8 Å².